The zero-order valence-corrected chi connectivity index (χ0v) is 17.8. The molecule has 6 rings (SSSR count). The van der Waals surface area contributed by atoms with Crippen LogP contribution in [-0.2, 0) is 0 Å². The van der Waals surface area contributed by atoms with Crippen molar-refractivity contribution in [2.75, 3.05) is 6.54 Å². The lowest BCUT2D eigenvalue weighted by molar-refractivity contribution is 0.0733. The molecule has 1 aliphatic heterocycles. The minimum absolute atomic E-state index is 0.0614. The van der Waals surface area contributed by atoms with E-state index in [2.05, 4.69) is 10.2 Å². The number of aryl methyl sites for hydroxylation is 2. The molecular weight excluding hydrogens is 396 g/mol. The fourth-order valence-electron chi connectivity index (χ4n) is 4.58. The van der Waals surface area contributed by atoms with Gasteiger partial charge in [-0.25, -0.2) is 9.97 Å². The number of hydrogen-bond donors (Lipinski definition) is 0. The Kier molecular flexibility index (Phi) is 3.93. The van der Waals surface area contributed by atoms with Gasteiger partial charge in [-0.2, -0.15) is 0 Å². The highest BCUT2D eigenvalue weighted by atomic mass is 32.1. The number of nitrogens with zero attached hydrogens (tertiary/aromatic N) is 6. The van der Waals surface area contributed by atoms with E-state index in [1.165, 1.54) is 24.2 Å². The highest BCUT2D eigenvalue weighted by molar-refractivity contribution is 7.20. The number of amides is 1. The summed E-state index contributed by atoms with van der Waals surface area (Å²) in [6, 6.07) is 5.79. The number of fused-ring (bicyclic) bond motifs is 2. The third-order valence-corrected chi connectivity index (χ3v) is 7.45. The van der Waals surface area contributed by atoms with Crippen molar-refractivity contribution in [3.05, 3.63) is 52.2 Å². The van der Waals surface area contributed by atoms with Crippen molar-refractivity contribution < 1.29 is 4.79 Å². The fraction of sp³-hybridized carbons (Fsp3) is 0.409. The lowest BCUT2D eigenvalue weighted by Crippen LogP contribution is -2.31. The number of pyridine rings is 1. The number of hydrogen-bond acceptors (Lipinski definition) is 6. The molecule has 1 saturated carbocycles. The molecule has 0 N–H and O–H groups in total. The van der Waals surface area contributed by atoms with Crippen LogP contribution in [-0.4, -0.2) is 41.9 Å². The quantitative estimate of drug-likeness (QED) is 0.498. The highest BCUT2D eigenvalue weighted by Gasteiger charge is 2.36. The van der Waals surface area contributed by atoms with E-state index in [1.807, 2.05) is 47.5 Å². The standard InChI is InChI=1S/C22H22N6OS/c1-12-17-13(2)23-19(14-8-9-14)24-21(17)30-18(12)22(29)27-11-5-6-15(27)20-26-25-16-7-3-4-10-28(16)20/h3-4,7,10,14-15H,5-6,8-9,11H2,1-2H3/t15-/m0/s1. The fourth-order valence-corrected chi connectivity index (χ4v) is 5.78. The summed E-state index contributed by atoms with van der Waals surface area (Å²) in [6.45, 7) is 4.79. The SMILES string of the molecule is Cc1nc(C2CC2)nc2sc(C(=O)N3CCC[C@H]3c3nnc4ccccn34)c(C)c12. The van der Waals surface area contributed by atoms with Gasteiger partial charge in [0.05, 0.1) is 16.6 Å². The van der Waals surface area contributed by atoms with Gasteiger partial charge < -0.3 is 4.90 Å². The molecule has 7 nitrogen and oxygen atoms in total. The molecule has 5 heterocycles. The zero-order valence-electron chi connectivity index (χ0n) is 17.0. The van der Waals surface area contributed by atoms with E-state index in [-0.39, 0.29) is 11.9 Å². The number of carbonyl (C=O) groups is 1. The molecule has 2 aliphatic rings. The van der Waals surface area contributed by atoms with Crippen LogP contribution in [0.5, 0.6) is 0 Å². The molecule has 152 valence electrons. The van der Waals surface area contributed by atoms with Crippen molar-refractivity contribution in [3.63, 3.8) is 0 Å². The molecule has 0 aromatic carbocycles. The van der Waals surface area contributed by atoms with E-state index >= 15 is 0 Å². The summed E-state index contributed by atoms with van der Waals surface area (Å²) in [5.74, 6) is 2.34. The Morgan fingerprint density at radius 3 is 2.83 bits per heavy atom. The van der Waals surface area contributed by atoms with Gasteiger partial charge in [-0.3, -0.25) is 9.20 Å². The summed E-state index contributed by atoms with van der Waals surface area (Å²) < 4.78 is 1.99. The van der Waals surface area contributed by atoms with Crippen LogP contribution in [0.15, 0.2) is 24.4 Å². The second-order valence-electron chi connectivity index (χ2n) is 8.32. The first-order valence-corrected chi connectivity index (χ1v) is 11.3. The van der Waals surface area contributed by atoms with Crippen LogP contribution in [0.2, 0.25) is 0 Å². The summed E-state index contributed by atoms with van der Waals surface area (Å²) in [7, 11) is 0. The maximum Gasteiger partial charge on any atom is 0.264 e. The summed E-state index contributed by atoms with van der Waals surface area (Å²) in [5.41, 5.74) is 2.79. The number of rotatable bonds is 3. The average molecular weight is 419 g/mol. The molecule has 8 heteroatoms. The predicted octanol–water partition coefficient (Wildman–Crippen LogP) is 4.21. The van der Waals surface area contributed by atoms with Crippen LogP contribution >= 0.6 is 11.3 Å². The van der Waals surface area contributed by atoms with E-state index in [0.29, 0.717) is 5.92 Å². The predicted molar refractivity (Wildman–Crippen MR) is 115 cm³/mol. The Hall–Kier alpha value is -2.87. The molecule has 2 fully saturated rings. The topological polar surface area (TPSA) is 76.3 Å². The Morgan fingerprint density at radius 1 is 1.13 bits per heavy atom. The summed E-state index contributed by atoms with van der Waals surface area (Å²) in [5, 5.41) is 9.74. The largest absolute Gasteiger partial charge is 0.328 e. The summed E-state index contributed by atoms with van der Waals surface area (Å²) in [6.07, 6.45) is 6.17. The van der Waals surface area contributed by atoms with Gasteiger partial charge in [0.25, 0.3) is 5.91 Å². The molecule has 1 saturated heterocycles. The molecule has 0 spiro atoms. The maximum atomic E-state index is 13.7. The molecule has 4 aromatic rings. The molecule has 1 atom stereocenters. The van der Waals surface area contributed by atoms with Gasteiger partial charge in [0.2, 0.25) is 0 Å². The lowest BCUT2D eigenvalue weighted by Gasteiger charge is -2.23. The maximum absolute atomic E-state index is 13.7. The summed E-state index contributed by atoms with van der Waals surface area (Å²) >= 11 is 1.51. The lowest BCUT2D eigenvalue weighted by atomic mass is 10.1. The number of carbonyl (C=O) groups excluding carboxylic acids is 1. The van der Waals surface area contributed by atoms with Gasteiger partial charge in [-0.15, -0.1) is 21.5 Å². The molecular formula is C22H22N6OS. The Bertz CT molecular complexity index is 1300. The van der Waals surface area contributed by atoms with Crippen molar-refractivity contribution in [3.8, 4) is 0 Å². The number of thiophene rings is 1. The van der Waals surface area contributed by atoms with E-state index in [9.17, 15) is 4.79 Å². The van der Waals surface area contributed by atoms with Crippen LogP contribution in [0, 0.1) is 13.8 Å². The van der Waals surface area contributed by atoms with Crippen LogP contribution < -0.4 is 0 Å². The van der Waals surface area contributed by atoms with Crippen LogP contribution in [0.4, 0.5) is 0 Å². The third kappa shape index (κ3) is 2.66. The van der Waals surface area contributed by atoms with Crippen LogP contribution in [0.1, 0.15) is 70.2 Å². The first-order valence-electron chi connectivity index (χ1n) is 10.5. The van der Waals surface area contributed by atoms with E-state index < -0.39 is 0 Å². The third-order valence-electron chi connectivity index (χ3n) is 6.28. The Morgan fingerprint density at radius 2 is 2.00 bits per heavy atom. The van der Waals surface area contributed by atoms with Gasteiger partial charge in [0.15, 0.2) is 11.5 Å². The molecule has 30 heavy (non-hydrogen) atoms. The van der Waals surface area contributed by atoms with Crippen LogP contribution in [0.25, 0.3) is 15.9 Å². The van der Waals surface area contributed by atoms with Crippen molar-refractivity contribution in [1.82, 2.24) is 29.5 Å². The van der Waals surface area contributed by atoms with Crippen molar-refractivity contribution >= 4 is 33.1 Å². The monoisotopic (exact) mass is 418 g/mol. The molecule has 1 amide bonds. The van der Waals surface area contributed by atoms with E-state index in [4.69, 9.17) is 9.97 Å². The zero-order chi connectivity index (χ0) is 20.4. The van der Waals surface area contributed by atoms with Gasteiger partial charge in [-0.1, -0.05) is 6.07 Å². The average Bonchev–Trinajstić information content (AvgIpc) is 3.18. The van der Waals surface area contributed by atoms with Crippen molar-refractivity contribution in [2.24, 2.45) is 0 Å². The Labute approximate surface area is 177 Å². The van der Waals surface area contributed by atoms with Gasteiger partial charge in [0.1, 0.15) is 10.7 Å². The summed E-state index contributed by atoms with van der Waals surface area (Å²) in [4.78, 5) is 26.9. The highest BCUT2D eigenvalue weighted by Crippen LogP contribution is 2.41. The molecule has 0 bridgehead atoms. The van der Waals surface area contributed by atoms with Crippen LogP contribution in [0.3, 0.4) is 0 Å². The first-order chi connectivity index (χ1) is 14.6. The van der Waals surface area contributed by atoms with E-state index in [1.54, 1.807) is 0 Å². The smallest absolute Gasteiger partial charge is 0.264 e. The normalized spacial score (nSPS) is 19.3. The Balaban J connectivity index is 1.40. The van der Waals surface area contributed by atoms with E-state index in [0.717, 1.165) is 63.0 Å². The molecule has 0 radical (unpaired) electrons. The minimum Gasteiger partial charge on any atom is -0.328 e. The minimum atomic E-state index is -0.0614. The molecule has 0 unspecified atom stereocenters. The molecule has 4 aromatic heterocycles. The van der Waals surface area contributed by atoms with Gasteiger partial charge >= 0.3 is 0 Å². The van der Waals surface area contributed by atoms with Crippen molar-refractivity contribution in [1.29, 1.82) is 0 Å². The first kappa shape index (κ1) is 17.9. The second-order valence-corrected chi connectivity index (χ2v) is 9.32. The van der Waals surface area contributed by atoms with Crippen molar-refractivity contribution in [2.45, 2.75) is 51.5 Å². The van der Waals surface area contributed by atoms with Gasteiger partial charge in [0, 0.05) is 24.0 Å². The number of aromatic nitrogens is 5. The second kappa shape index (κ2) is 6.57. The molecule has 1 aliphatic carbocycles. The van der Waals surface area contributed by atoms with Gasteiger partial charge in [-0.05, 0) is 57.2 Å². The number of likely N-dealkylation sites (tertiary alicyclic amines) is 1.